The summed E-state index contributed by atoms with van der Waals surface area (Å²) >= 11 is 0. The Balaban J connectivity index is 0.00000225. The Labute approximate surface area is 166 Å². The minimum atomic E-state index is -0.872. The van der Waals surface area contributed by atoms with Crippen LogP contribution in [-0.2, 0) is 11.3 Å². The van der Waals surface area contributed by atoms with Gasteiger partial charge in [0.25, 0.3) is 0 Å². The van der Waals surface area contributed by atoms with Gasteiger partial charge >= 0.3 is 7.12 Å². The van der Waals surface area contributed by atoms with E-state index in [-0.39, 0.29) is 7.43 Å². The van der Waals surface area contributed by atoms with Gasteiger partial charge < -0.3 is 24.2 Å². The fourth-order valence-corrected chi connectivity index (χ4v) is 3.14. The molecule has 0 bridgehead atoms. The first-order valence-electron chi connectivity index (χ1n) is 8.86. The maximum Gasteiger partial charge on any atom is 0.491 e. The van der Waals surface area contributed by atoms with Gasteiger partial charge in [-0.25, -0.2) is 4.85 Å². The average Bonchev–Trinajstić information content (AvgIpc) is 3.05. The topological polar surface area (TPSA) is 58.8 Å². The van der Waals surface area contributed by atoms with Crippen molar-refractivity contribution in [3.05, 3.63) is 53.4 Å². The predicted molar refractivity (Wildman–Crippen MR) is 108 cm³/mol. The molecule has 2 aromatic rings. The van der Waals surface area contributed by atoms with Gasteiger partial charge in [0.15, 0.2) is 17.2 Å². The van der Waals surface area contributed by atoms with E-state index in [9.17, 15) is 5.02 Å². The Hall–Kier alpha value is -2.57. The second kappa shape index (κ2) is 8.63. The minimum Gasteiger partial charge on any atom is -0.453 e. The minimum absolute atomic E-state index is 0. The normalized spacial score (nSPS) is 16.8. The average molecular weight is 381 g/mol. The van der Waals surface area contributed by atoms with Gasteiger partial charge in [-0.3, -0.25) is 0 Å². The van der Waals surface area contributed by atoms with Crippen molar-refractivity contribution in [2.24, 2.45) is 0 Å². The zero-order valence-corrected chi connectivity index (χ0v) is 15.1. The van der Waals surface area contributed by atoms with E-state index in [0.717, 1.165) is 37.2 Å². The molecule has 2 aromatic carbocycles. The number of nitrogens with zero attached hydrogens (tertiary/aromatic N) is 3. The standard InChI is InChI=1S/C19H20BN3O4.CH4/c1-21-15-3-6-18(19(12-15)27-23-9-7-22(2)8-10-23)26-16-4-5-17-14(11-16)13-25-20(17)24;/h3-6,11-12,24H,7-10,13H2,2H3;1H4. The van der Waals surface area contributed by atoms with Crippen molar-refractivity contribution in [1.82, 2.24) is 9.96 Å². The molecule has 146 valence electrons. The Bertz CT molecular complexity index is 878. The maximum atomic E-state index is 9.74. The summed E-state index contributed by atoms with van der Waals surface area (Å²) < 4.78 is 11.3. The van der Waals surface area contributed by atoms with Crippen LogP contribution in [0.1, 0.15) is 13.0 Å². The fraction of sp³-hybridized carbons (Fsp3) is 0.350. The number of fused-ring (bicyclic) bond motifs is 1. The van der Waals surface area contributed by atoms with Gasteiger partial charge in [-0.15, -0.1) is 5.06 Å². The number of hydroxylamine groups is 2. The van der Waals surface area contributed by atoms with Crippen LogP contribution in [0.25, 0.3) is 4.85 Å². The first-order chi connectivity index (χ1) is 13.1. The Morgan fingerprint density at radius 1 is 1.11 bits per heavy atom. The third-order valence-electron chi connectivity index (χ3n) is 4.75. The molecule has 0 aliphatic carbocycles. The third kappa shape index (κ3) is 4.29. The highest BCUT2D eigenvalue weighted by Gasteiger charge is 2.27. The van der Waals surface area contributed by atoms with E-state index in [1.165, 1.54) is 0 Å². The highest BCUT2D eigenvalue weighted by Crippen LogP contribution is 2.36. The molecule has 0 spiro atoms. The van der Waals surface area contributed by atoms with Gasteiger partial charge in [0.2, 0.25) is 0 Å². The summed E-state index contributed by atoms with van der Waals surface area (Å²) in [5.74, 6) is 1.69. The second-order valence-electron chi connectivity index (χ2n) is 6.69. The van der Waals surface area contributed by atoms with E-state index in [2.05, 4.69) is 16.8 Å². The molecule has 7 nitrogen and oxygen atoms in total. The summed E-state index contributed by atoms with van der Waals surface area (Å²) in [6.45, 7) is 11.0. The number of rotatable bonds is 4. The lowest BCUT2D eigenvalue weighted by atomic mass is 9.80. The fourth-order valence-electron chi connectivity index (χ4n) is 3.14. The molecule has 4 rings (SSSR count). The molecular weight excluding hydrogens is 357 g/mol. The second-order valence-corrected chi connectivity index (χ2v) is 6.69. The molecule has 1 saturated heterocycles. The van der Waals surface area contributed by atoms with E-state index in [1.54, 1.807) is 30.3 Å². The quantitative estimate of drug-likeness (QED) is 0.649. The van der Waals surface area contributed by atoms with E-state index in [4.69, 9.17) is 20.8 Å². The van der Waals surface area contributed by atoms with Crippen LogP contribution >= 0.6 is 0 Å². The Kier molecular flexibility index (Phi) is 6.22. The van der Waals surface area contributed by atoms with Gasteiger partial charge in [0.05, 0.1) is 13.2 Å². The molecule has 0 unspecified atom stereocenters. The first kappa shape index (κ1) is 20.2. The Morgan fingerprint density at radius 2 is 1.89 bits per heavy atom. The van der Waals surface area contributed by atoms with Gasteiger partial charge in [0.1, 0.15) is 5.75 Å². The van der Waals surface area contributed by atoms with Crippen molar-refractivity contribution in [2.75, 3.05) is 33.2 Å². The van der Waals surface area contributed by atoms with Crippen LogP contribution in [0.4, 0.5) is 5.69 Å². The molecular formula is C20H24BN3O4. The summed E-state index contributed by atoms with van der Waals surface area (Å²) in [7, 11) is 1.21. The van der Waals surface area contributed by atoms with Gasteiger partial charge in [-0.2, -0.15) is 0 Å². The molecule has 2 aliphatic heterocycles. The number of benzene rings is 2. The zero-order valence-electron chi connectivity index (χ0n) is 15.1. The summed E-state index contributed by atoms with van der Waals surface area (Å²) in [6.07, 6.45) is 0. The van der Waals surface area contributed by atoms with Gasteiger partial charge in [-0.1, -0.05) is 19.6 Å². The van der Waals surface area contributed by atoms with Crippen LogP contribution in [-0.4, -0.2) is 55.3 Å². The van der Waals surface area contributed by atoms with Gasteiger partial charge in [0, 0.05) is 26.2 Å². The summed E-state index contributed by atoms with van der Waals surface area (Å²) in [5.41, 5.74) is 2.16. The van der Waals surface area contributed by atoms with Crippen LogP contribution in [0.2, 0.25) is 0 Å². The molecule has 0 saturated carbocycles. The van der Waals surface area contributed by atoms with Crippen molar-refractivity contribution in [3.63, 3.8) is 0 Å². The lowest BCUT2D eigenvalue weighted by Gasteiger charge is -2.32. The highest BCUT2D eigenvalue weighted by atomic mass is 16.7. The Morgan fingerprint density at radius 3 is 2.64 bits per heavy atom. The van der Waals surface area contributed by atoms with Crippen LogP contribution < -0.4 is 15.0 Å². The molecule has 28 heavy (non-hydrogen) atoms. The van der Waals surface area contributed by atoms with E-state index >= 15 is 0 Å². The largest absolute Gasteiger partial charge is 0.491 e. The molecule has 1 fully saturated rings. The molecule has 2 heterocycles. The number of piperazine rings is 1. The van der Waals surface area contributed by atoms with Crippen molar-refractivity contribution in [2.45, 2.75) is 14.0 Å². The van der Waals surface area contributed by atoms with Crippen molar-refractivity contribution < 1.29 is 19.3 Å². The summed E-state index contributed by atoms with van der Waals surface area (Å²) in [6, 6.07) is 10.6. The molecule has 0 amide bonds. The highest BCUT2D eigenvalue weighted by molar-refractivity contribution is 6.61. The first-order valence-corrected chi connectivity index (χ1v) is 8.86. The SMILES string of the molecule is C.[C-]#[N+]c1ccc(Oc2ccc3c(c2)COB3O)c(ON2CCN(C)CC2)c1. The molecule has 1 N–H and O–H groups in total. The van der Waals surface area contributed by atoms with Crippen molar-refractivity contribution in [1.29, 1.82) is 0 Å². The smallest absolute Gasteiger partial charge is 0.453 e. The summed E-state index contributed by atoms with van der Waals surface area (Å²) in [4.78, 5) is 11.8. The van der Waals surface area contributed by atoms with E-state index in [1.807, 2.05) is 11.1 Å². The number of ether oxygens (including phenoxy) is 1. The van der Waals surface area contributed by atoms with Crippen LogP contribution in [0.5, 0.6) is 17.2 Å². The monoisotopic (exact) mass is 381 g/mol. The van der Waals surface area contributed by atoms with E-state index in [0.29, 0.717) is 29.5 Å². The zero-order chi connectivity index (χ0) is 18.8. The molecule has 8 heteroatoms. The van der Waals surface area contributed by atoms with Crippen LogP contribution in [0.15, 0.2) is 36.4 Å². The molecule has 0 aromatic heterocycles. The summed E-state index contributed by atoms with van der Waals surface area (Å²) in [5, 5.41) is 11.6. The predicted octanol–water partition coefficient (Wildman–Crippen LogP) is 2.42. The van der Waals surface area contributed by atoms with E-state index < -0.39 is 7.12 Å². The lowest BCUT2D eigenvalue weighted by Crippen LogP contribution is -2.45. The lowest BCUT2D eigenvalue weighted by molar-refractivity contribution is -0.0860. The number of hydrogen-bond acceptors (Lipinski definition) is 6. The third-order valence-corrected chi connectivity index (χ3v) is 4.75. The van der Waals surface area contributed by atoms with Gasteiger partial charge in [-0.05, 0) is 42.3 Å². The maximum absolute atomic E-state index is 9.74. The van der Waals surface area contributed by atoms with Crippen molar-refractivity contribution >= 4 is 18.3 Å². The molecule has 0 radical (unpaired) electrons. The van der Waals surface area contributed by atoms with Crippen LogP contribution in [0.3, 0.4) is 0 Å². The number of likely N-dealkylation sites (N-methyl/N-ethyl adjacent to an activating group) is 1. The van der Waals surface area contributed by atoms with Crippen LogP contribution in [0, 0.1) is 6.57 Å². The molecule has 2 aliphatic rings. The molecule has 0 atom stereocenters. The number of hydrogen-bond donors (Lipinski definition) is 1. The van der Waals surface area contributed by atoms with Crippen molar-refractivity contribution in [3.8, 4) is 17.2 Å².